The largest absolute Gasteiger partial charge is 0.502 e. The van der Waals surface area contributed by atoms with Crippen molar-refractivity contribution < 1.29 is 9.84 Å². The van der Waals surface area contributed by atoms with Crippen molar-refractivity contribution in [3.8, 4) is 11.5 Å². The van der Waals surface area contributed by atoms with Gasteiger partial charge >= 0.3 is 0 Å². The molecule has 2 rings (SSSR count). The molecular weight excluding hydrogens is 192 g/mol. The highest BCUT2D eigenvalue weighted by Crippen LogP contribution is 2.35. The van der Waals surface area contributed by atoms with Crippen LogP contribution in [0.25, 0.3) is 0 Å². The Morgan fingerprint density at radius 1 is 1.40 bits per heavy atom. The van der Waals surface area contributed by atoms with Gasteiger partial charge in [-0.3, -0.25) is 4.79 Å². The van der Waals surface area contributed by atoms with E-state index in [4.69, 9.17) is 4.74 Å². The monoisotopic (exact) mass is 206 g/mol. The van der Waals surface area contributed by atoms with Gasteiger partial charge in [-0.25, -0.2) is 0 Å². The third-order valence-electron chi connectivity index (χ3n) is 2.67. The van der Waals surface area contributed by atoms with Crippen LogP contribution in [0.3, 0.4) is 0 Å². The van der Waals surface area contributed by atoms with Crippen LogP contribution in [0, 0.1) is 5.92 Å². The fourth-order valence-electron chi connectivity index (χ4n) is 1.52. The van der Waals surface area contributed by atoms with Gasteiger partial charge in [-0.15, -0.1) is 0 Å². The summed E-state index contributed by atoms with van der Waals surface area (Å²) in [7, 11) is 0. The average molecular weight is 206 g/mol. The number of hydrogen-bond acceptors (Lipinski definition) is 3. The predicted octanol–water partition coefficient (Wildman–Crippen LogP) is 1.93. The van der Waals surface area contributed by atoms with Crippen molar-refractivity contribution in [2.75, 3.05) is 0 Å². The Morgan fingerprint density at radius 2 is 2.07 bits per heavy atom. The van der Waals surface area contributed by atoms with Crippen molar-refractivity contribution in [3.05, 3.63) is 34.5 Å². The molecule has 1 saturated carbocycles. The molecule has 0 bridgehead atoms. The molecule has 0 radical (unpaired) electrons. The second kappa shape index (κ2) is 3.93. The number of ether oxygens (including phenoxy) is 1. The van der Waals surface area contributed by atoms with Crippen LogP contribution in [0.2, 0.25) is 0 Å². The number of aromatic hydroxyl groups is 1. The first-order valence-electron chi connectivity index (χ1n) is 5.17. The normalized spacial score (nSPS) is 17.1. The second-order valence-electron chi connectivity index (χ2n) is 3.96. The third-order valence-corrected chi connectivity index (χ3v) is 2.67. The van der Waals surface area contributed by atoms with E-state index >= 15 is 0 Å². The molecule has 1 atom stereocenters. The molecule has 1 aliphatic carbocycles. The van der Waals surface area contributed by atoms with E-state index in [1.807, 2.05) is 6.92 Å². The van der Waals surface area contributed by atoms with E-state index in [0.717, 1.165) is 0 Å². The van der Waals surface area contributed by atoms with E-state index in [1.165, 1.54) is 18.9 Å². The van der Waals surface area contributed by atoms with Crippen LogP contribution in [-0.4, -0.2) is 11.2 Å². The third kappa shape index (κ3) is 2.29. The van der Waals surface area contributed by atoms with E-state index in [2.05, 4.69) is 0 Å². The van der Waals surface area contributed by atoms with Gasteiger partial charge in [0.2, 0.25) is 11.2 Å². The molecule has 1 fully saturated rings. The van der Waals surface area contributed by atoms with Gasteiger partial charge in [-0.2, -0.15) is 0 Å². The van der Waals surface area contributed by atoms with Crippen LogP contribution in [0.5, 0.6) is 11.5 Å². The summed E-state index contributed by atoms with van der Waals surface area (Å²) in [5.74, 6) is 0.557. The molecule has 3 nitrogen and oxygen atoms in total. The lowest BCUT2D eigenvalue weighted by Crippen LogP contribution is -2.14. The Labute approximate surface area is 88.3 Å². The molecular formula is C12H14O3. The van der Waals surface area contributed by atoms with Gasteiger partial charge in [0, 0.05) is 0 Å². The summed E-state index contributed by atoms with van der Waals surface area (Å²) in [6, 6.07) is 6.23. The zero-order chi connectivity index (χ0) is 10.8. The molecule has 0 heterocycles. The topological polar surface area (TPSA) is 46.5 Å². The maximum atomic E-state index is 11.3. The highest BCUT2D eigenvalue weighted by molar-refractivity contribution is 5.37. The summed E-state index contributed by atoms with van der Waals surface area (Å²) < 4.78 is 5.56. The van der Waals surface area contributed by atoms with Crippen LogP contribution in [-0.2, 0) is 0 Å². The number of rotatable bonds is 3. The molecule has 0 aromatic heterocycles. The lowest BCUT2D eigenvalue weighted by atomic mass is 10.2. The maximum absolute atomic E-state index is 11.3. The van der Waals surface area contributed by atoms with Crippen LogP contribution in [0.15, 0.2) is 29.1 Å². The van der Waals surface area contributed by atoms with Crippen LogP contribution >= 0.6 is 0 Å². The molecule has 1 aromatic carbocycles. The molecule has 0 spiro atoms. The number of hydrogen-bond donors (Lipinski definition) is 1. The molecule has 0 unspecified atom stereocenters. The van der Waals surface area contributed by atoms with Crippen molar-refractivity contribution in [1.29, 1.82) is 0 Å². The zero-order valence-corrected chi connectivity index (χ0v) is 8.64. The zero-order valence-electron chi connectivity index (χ0n) is 8.64. The molecule has 1 aliphatic rings. The predicted molar refractivity (Wildman–Crippen MR) is 57.2 cm³/mol. The van der Waals surface area contributed by atoms with E-state index in [1.54, 1.807) is 18.2 Å². The summed E-state index contributed by atoms with van der Waals surface area (Å²) in [6.45, 7) is 1.97. The summed E-state index contributed by atoms with van der Waals surface area (Å²) in [5, 5.41) is 9.57. The smallest absolute Gasteiger partial charge is 0.224 e. The van der Waals surface area contributed by atoms with Crippen molar-refractivity contribution in [2.45, 2.75) is 25.9 Å². The standard InChI is InChI=1S/C12H14O3/c1-8(9-6-7-9)15-11-5-3-2-4-10(13)12(11)14/h2-5,8-9H,6-7H2,1H3,(H,13,14)/t8-/m1/s1. The second-order valence-corrected chi connectivity index (χ2v) is 3.96. The van der Waals surface area contributed by atoms with Crippen molar-refractivity contribution in [3.63, 3.8) is 0 Å². The van der Waals surface area contributed by atoms with Gasteiger partial charge in [-0.05, 0) is 37.8 Å². The van der Waals surface area contributed by atoms with E-state index in [-0.39, 0.29) is 17.6 Å². The van der Waals surface area contributed by atoms with Crippen molar-refractivity contribution in [2.24, 2.45) is 5.92 Å². The van der Waals surface area contributed by atoms with Gasteiger partial charge in [0.25, 0.3) is 0 Å². The Morgan fingerprint density at radius 3 is 2.73 bits per heavy atom. The molecule has 1 aromatic rings. The Kier molecular flexibility index (Phi) is 2.62. The molecule has 0 saturated heterocycles. The molecule has 0 aliphatic heterocycles. The highest BCUT2D eigenvalue weighted by atomic mass is 16.5. The first kappa shape index (κ1) is 10.0. The Hall–Kier alpha value is -1.51. The van der Waals surface area contributed by atoms with E-state index < -0.39 is 5.43 Å². The first-order chi connectivity index (χ1) is 7.18. The minimum Gasteiger partial charge on any atom is -0.502 e. The molecule has 15 heavy (non-hydrogen) atoms. The Balaban J connectivity index is 2.24. The molecule has 0 amide bonds. The maximum Gasteiger partial charge on any atom is 0.224 e. The fraction of sp³-hybridized carbons (Fsp3) is 0.417. The average Bonchev–Trinajstić information content (AvgIpc) is 3.02. The molecule has 1 N–H and O–H groups in total. The Bertz CT molecular complexity index is 410. The summed E-state index contributed by atoms with van der Waals surface area (Å²) in [5.41, 5.74) is -0.405. The summed E-state index contributed by atoms with van der Waals surface area (Å²) in [4.78, 5) is 11.3. The lowest BCUT2D eigenvalue weighted by molar-refractivity contribution is 0.190. The van der Waals surface area contributed by atoms with Gasteiger partial charge < -0.3 is 9.84 Å². The lowest BCUT2D eigenvalue weighted by Gasteiger charge is -2.13. The minimum atomic E-state index is -0.405. The van der Waals surface area contributed by atoms with E-state index in [0.29, 0.717) is 5.92 Å². The van der Waals surface area contributed by atoms with Crippen molar-refractivity contribution >= 4 is 0 Å². The fourth-order valence-corrected chi connectivity index (χ4v) is 1.52. The van der Waals surface area contributed by atoms with Crippen molar-refractivity contribution in [1.82, 2.24) is 0 Å². The molecule has 3 heteroatoms. The highest BCUT2D eigenvalue weighted by Gasteiger charge is 2.29. The van der Waals surface area contributed by atoms with Gasteiger partial charge in [0.05, 0.1) is 6.10 Å². The quantitative estimate of drug-likeness (QED) is 0.822. The van der Waals surface area contributed by atoms with Gasteiger partial charge in [0.15, 0.2) is 5.75 Å². The first-order valence-corrected chi connectivity index (χ1v) is 5.17. The molecule has 80 valence electrons. The van der Waals surface area contributed by atoms with E-state index in [9.17, 15) is 9.90 Å². The van der Waals surface area contributed by atoms with Crippen LogP contribution < -0.4 is 10.2 Å². The summed E-state index contributed by atoms with van der Waals surface area (Å²) >= 11 is 0. The van der Waals surface area contributed by atoms with Crippen LogP contribution in [0.1, 0.15) is 19.8 Å². The summed E-state index contributed by atoms with van der Waals surface area (Å²) in [6.07, 6.45) is 2.41. The minimum absolute atomic E-state index is 0.0673. The van der Waals surface area contributed by atoms with Gasteiger partial charge in [0.1, 0.15) is 0 Å². The van der Waals surface area contributed by atoms with Crippen LogP contribution in [0.4, 0.5) is 0 Å². The SMILES string of the molecule is C[C@@H](Oc1ccccc(=O)c1O)C1CC1. The van der Waals surface area contributed by atoms with Gasteiger partial charge in [-0.1, -0.05) is 12.1 Å².